The smallest absolute Gasteiger partial charge is 0.0672 e. The number of hydrogen-bond acceptors (Lipinski definition) is 2. The first-order valence-corrected chi connectivity index (χ1v) is 4.88. The van der Waals surface area contributed by atoms with Crippen LogP contribution in [0.5, 0.6) is 0 Å². The lowest BCUT2D eigenvalue weighted by atomic mass is 10.1. The molecule has 0 bridgehead atoms. The van der Waals surface area contributed by atoms with Gasteiger partial charge in [0.25, 0.3) is 0 Å². The number of pyridine rings is 1. The Balaban J connectivity index is 2.48. The number of aromatic nitrogens is 1. The molecule has 1 aromatic heterocycles. The normalized spacial score (nSPS) is 10.0. The molecule has 0 aliphatic carbocycles. The van der Waals surface area contributed by atoms with Gasteiger partial charge in [0.2, 0.25) is 0 Å². The van der Waals surface area contributed by atoms with Gasteiger partial charge in [-0.2, -0.15) is 0 Å². The van der Waals surface area contributed by atoms with E-state index in [1.165, 1.54) is 16.3 Å². The summed E-state index contributed by atoms with van der Waals surface area (Å²) in [4.78, 5) is 4.32. The van der Waals surface area contributed by atoms with Crippen LogP contribution in [0.1, 0.15) is 5.69 Å². The molecule has 0 unspecified atom stereocenters. The third kappa shape index (κ3) is 1.72. The summed E-state index contributed by atoms with van der Waals surface area (Å²) < 4.78 is 0. The first-order valence-electron chi connectivity index (χ1n) is 4.41. The molecule has 0 atom stereocenters. The molecule has 70 valence electrons. The summed E-state index contributed by atoms with van der Waals surface area (Å²) in [5.74, 6) is 0. The van der Waals surface area contributed by atoms with Crippen molar-refractivity contribution in [2.75, 3.05) is 0 Å². The second-order valence-electron chi connectivity index (χ2n) is 2.98. The lowest BCUT2D eigenvalue weighted by Crippen LogP contribution is -2.10. The number of hydrogen-bond donors (Lipinski definition) is 1. The number of thiocarbonyl (C=S) groups is 1. The van der Waals surface area contributed by atoms with Crippen molar-refractivity contribution in [1.29, 1.82) is 0 Å². The lowest BCUT2D eigenvalue weighted by molar-refractivity contribution is 0.909. The van der Waals surface area contributed by atoms with E-state index in [2.05, 4.69) is 22.4 Å². The molecule has 2 nitrogen and oxygen atoms in total. The molecular formula is C11H10N2S. The van der Waals surface area contributed by atoms with Gasteiger partial charge in [-0.15, -0.1) is 0 Å². The summed E-state index contributed by atoms with van der Waals surface area (Å²) in [5.41, 5.74) is 2.55. The van der Waals surface area contributed by atoms with Gasteiger partial charge in [-0.25, -0.2) is 0 Å². The Hall–Kier alpha value is -1.48. The zero-order valence-electron chi connectivity index (χ0n) is 7.60. The molecule has 0 radical (unpaired) electrons. The van der Waals surface area contributed by atoms with Crippen LogP contribution in [0.4, 0.5) is 0 Å². The van der Waals surface area contributed by atoms with Crippen molar-refractivity contribution >= 4 is 28.5 Å². The minimum absolute atomic E-state index is 0.685. The first-order chi connectivity index (χ1) is 6.92. The Labute approximate surface area is 88.0 Å². The lowest BCUT2D eigenvalue weighted by Gasteiger charge is -2.04. The molecule has 1 aromatic carbocycles. The average molecular weight is 202 g/mol. The van der Waals surface area contributed by atoms with E-state index in [1.807, 2.05) is 24.4 Å². The third-order valence-electron chi connectivity index (χ3n) is 2.11. The molecule has 3 heteroatoms. The summed E-state index contributed by atoms with van der Waals surface area (Å²) in [6, 6.07) is 10.2. The van der Waals surface area contributed by atoms with Gasteiger partial charge in [0, 0.05) is 11.6 Å². The maximum Gasteiger partial charge on any atom is 0.0672 e. The van der Waals surface area contributed by atoms with E-state index in [1.54, 1.807) is 0 Å². The van der Waals surface area contributed by atoms with E-state index in [0.29, 0.717) is 6.54 Å². The van der Waals surface area contributed by atoms with Gasteiger partial charge in [-0.3, -0.25) is 4.98 Å². The predicted octanol–water partition coefficient (Wildman–Crippen LogP) is 2.28. The molecule has 2 rings (SSSR count). The molecule has 2 aromatic rings. The minimum atomic E-state index is 0.685. The zero-order valence-corrected chi connectivity index (χ0v) is 8.42. The van der Waals surface area contributed by atoms with Gasteiger partial charge in [0.15, 0.2) is 0 Å². The summed E-state index contributed by atoms with van der Waals surface area (Å²) >= 11 is 4.71. The second-order valence-corrected chi connectivity index (χ2v) is 3.21. The average Bonchev–Trinajstić information content (AvgIpc) is 2.26. The number of nitrogens with one attached hydrogen (secondary N) is 1. The zero-order chi connectivity index (χ0) is 9.80. The van der Waals surface area contributed by atoms with Crippen LogP contribution in [0, 0.1) is 0 Å². The van der Waals surface area contributed by atoms with Crippen molar-refractivity contribution in [3.05, 3.63) is 42.2 Å². The van der Waals surface area contributed by atoms with Crippen LogP contribution in [0.2, 0.25) is 0 Å². The van der Waals surface area contributed by atoms with E-state index >= 15 is 0 Å². The monoisotopic (exact) mass is 202 g/mol. The van der Waals surface area contributed by atoms with Crippen LogP contribution < -0.4 is 5.32 Å². The fourth-order valence-electron chi connectivity index (χ4n) is 1.46. The Bertz CT molecular complexity index is 448. The Morgan fingerprint density at radius 2 is 2.14 bits per heavy atom. The van der Waals surface area contributed by atoms with Gasteiger partial charge in [0.05, 0.1) is 17.7 Å². The van der Waals surface area contributed by atoms with Crippen LogP contribution in [0.25, 0.3) is 10.8 Å². The molecule has 0 saturated heterocycles. The van der Waals surface area contributed by atoms with E-state index in [0.717, 1.165) is 5.69 Å². The molecule has 0 spiro atoms. The van der Waals surface area contributed by atoms with E-state index < -0.39 is 0 Å². The molecule has 14 heavy (non-hydrogen) atoms. The maximum absolute atomic E-state index is 4.71. The molecule has 0 aliphatic heterocycles. The molecule has 0 fully saturated rings. The number of benzene rings is 1. The van der Waals surface area contributed by atoms with Crippen LogP contribution >= 0.6 is 12.2 Å². The van der Waals surface area contributed by atoms with Crippen molar-refractivity contribution in [1.82, 2.24) is 10.3 Å². The standard InChI is InChI=1S/C11H10N2S/c14-8-12-7-11-10-4-2-1-3-9(10)5-6-13-11/h1-6,8H,7H2,(H,12,14). The topological polar surface area (TPSA) is 24.9 Å². The summed E-state index contributed by atoms with van der Waals surface area (Å²) in [6.45, 7) is 0.685. The van der Waals surface area contributed by atoms with Crippen molar-refractivity contribution in [3.8, 4) is 0 Å². The molecule has 1 N–H and O–H groups in total. The quantitative estimate of drug-likeness (QED) is 0.773. The molecule has 0 saturated carbocycles. The fraction of sp³-hybridized carbons (Fsp3) is 0.0909. The first kappa shape index (κ1) is 9.09. The van der Waals surface area contributed by atoms with Gasteiger partial charge in [-0.05, 0) is 11.5 Å². The highest BCUT2D eigenvalue weighted by Crippen LogP contribution is 2.15. The highest BCUT2D eigenvalue weighted by atomic mass is 32.1. The molecule has 0 amide bonds. The Morgan fingerprint density at radius 1 is 1.29 bits per heavy atom. The summed E-state index contributed by atoms with van der Waals surface area (Å²) in [5, 5.41) is 5.38. The maximum atomic E-state index is 4.71. The van der Waals surface area contributed by atoms with Crippen LogP contribution in [0.3, 0.4) is 0 Å². The van der Waals surface area contributed by atoms with Crippen LogP contribution in [0.15, 0.2) is 36.5 Å². The summed E-state index contributed by atoms with van der Waals surface area (Å²) in [7, 11) is 0. The highest BCUT2D eigenvalue weighted by molar-refractivity contribution is 7.78. The van der Waals surface area contributed by atoms with Gasteiger partial charge in [-0.1, -0.05) is 36.5 Å². The fourth-order valence-corrected chi connectivity index (χ4v) is 1.54. The third-order valence-corrected chi connectivity index (χ3v) is 2.28. The van der Waals surface area contributed by atoms with E-state index in [-0.39, 0.29) is 0 Å². The summed E-state index contributed by atoms with van der Waals surface area (Å²) in [6.07, 6.45) is 1.82. The van der Waals surface area contributed by atoms with Gasteiger partial charge >= 0.3 is 0 Å². The van der Waals surface area contributed by atoms with Crippen molar-refractivity contribution in [2.24, 2.45) is 0 Å². The van der Waals surface area contributed by atoms with Gasteiger partial charge in [0.1, 0.15) is 0 Å². The van der Waals surface area contributed by atoms with E-state index in [4.69, 9.17) is 12.2 Å². The predicted molar refractivity (Wildman–Crippen MR) is 62.2 cm³/mol. The second kappa shape index (κ2) is 4.15. The van der Waals surface area contributed by atoms with Crippen molar-refractivity contribution in [2.45, 2.75) is 6.54 Å². The number of fused-ring (bicyclic) bond motifs is 1. The van der Waals surface area contributed by atoms with Gasteiger partial charge < -0.3 is 5.32 Å². The number of rotatable bonds is 3. The SMILES string of the molecule is S=CNCc1nccc2ccccc12. The van der Waals surface area contributed by atoms with Crippen LogP contribution in [-0.2, 0) is 6.54 Å². The highest BCUT2D eigenvalue weighted by Gasteiger charge is 1.99. The van der Waals surface area contributed by atoms with Crippen molar-refractivity contribution < 1.29 is 0 Å². The Morgan fingerprint density at radius 3 is 3.00 bits per heavy atom. The van der Waals surface area contributed by atoms with Crippen molar-refractivity contribution in [3.63, 3.8) is 0 Å². The largest absolute Gasteiger partial charge is 0.377 e. The van der Waals surface area contributed by atoms with E-state index in [9.17, 15) is 0 Å². The van der Waals surface area contributed by atoms with Crippen LogP contribution in [-0.4, -0.2) is 10.5 Å². The molecule has 1 heterocycles. The minimum Gasteiger partial charge on any atom is -0.377 e. The molecule has 0 aliphatic rings. The Kier molecular flexibility index (Phi) is 2.70. The molecular weight excluding hydrogens is 192 g/mol. The number of nitrogens with zero attached hydrogens (tertiary/aromatic N) is 1.